The van der Waals surface area contributed by atoms with Crippen LogP contribution in [0, 0.1) is 6.92 Å². The Balaban J connectivity index is 1.83. The van der Waals surface area contributed by atoms with Crippen molar-refractivity contribution in [3.8, 4) is 0 Å². The minimum atomic E-state index is -0.184. The van der Waals surface area contributed by atoms with E-state index in [-0.39, 0.29) is 11.9 Å². The Hall–Kier alpha value is -1.84. The molecule has 2 N–H and O–H groups in total. The molecule has 3 nitrogen and oxygen atoms in total. The second-order valence-corrected chi connectivity index (χ2v) is 6.64. The fourth-order valence-corrected chi connectivity index (χ4v) is 3.32. The van der Waals surface area contributed by atoms with E-state index in [4.69, 9.17) is 11.6 Å². The fraction of sp³-hybridized carbons (Fsp3) is 0.316. The molecule has 2 aromatic rings. The maximum absolute atomic E-state index is 12.9. The van der Waals surface area contributed by atoms with Gasteiger partial charge in [0.2, 0.25) is 0 Å². The van der Waals surface area contributed by atoms with Crippen molar-refractivity contribution in [3.05, 3.63) is 64.7 Å². The molecule has 0 aliphatic carbocycles. The maximum Gasteiger partial charge on any atom is 0.287 e. The molecule has 0 radical (unpaired) electrons. The lowest BCUT2D eigenvalue weighted by Crippen LogP contribution is -3.11. The van der Waals surface area contributed by atoms with Gasteiger partial charge in [0, 0.05) is 29.1 Å². The Morgan fingerprint density at radius 3 is 2.26 bits per heavy atom. The first-order valence-electron chi connectivity index (χ1n) is 8.11. The van der Waals surface area contributed by atoms with Crippen LogP contribution >= 0.6 is 11.6 Å². The maximum atomic E-state index is 12.9. The van der Waals surface area contributed by atoms with Gasteiger partial charge in [-0.3, -0.25) is 4.79 Å². The molecule has 1 heterocycles. The van der Waals surface area contributed by atoms with Gasteiger partial charge in [0.25, 0.3) is 5.91 Å². The highest BCUT2D eigenvalue weighted by atomic mass is 35.5. The van der Waals surface area contributed by atoms with Crippen molar-refractivity contribution >= 4 is 23.2 Å². The van der Waals surface area contributed by atoms with Crippen LogP contribution in [0.25, 0.3) is 0 Å². The third kappa shape index (κ3) is 3.92. The van der Waals surface area contributed by atoms with Crippen LogP contribution in [0.4, 0.5) is 5.69 Å². The number of rotatable bonds is 4. The van der Waals surface area contributed by atoms with Crippen molar-refractivity contribution in [1.82, 2.24) is 0 Å². The normalized spacial score (nSPS) is 16.3. The largest absolute Gasteiger partial charge is 0.321 e. The number of hydrogen-bond donors (Lipinski definition) is 2. The standard InChI is InChI=1S/C19H21ClN2O/c1-14-4-10-17(11-5-14)21-19(23)18(22-12-2-3-13-22)15-6-8-16(20)9-7-15/h4-11,18H,2-3,12-13H2,1H3,(H,21,23)/p+1. The number of quaternary nitrogens is 1. The van der Waals surface area contributed by atoms with E-state index in [1.165, 1.54) is 23.3 Å². The van der Waals surface area contributed by atoms with Crippen LogP contribution < -0.4 is 10.2 Å². The smallest absolute Gasteiger partial charge is 0.287 e. The van der Waals surface area contributed by atoms with Gasteiger partial charge in [-0.15, -0.1) is 0 Å². The Morgan fingerprint density at radius 2 is 1.65 bits per heavy atom. The Labute approximate surface area is 142 Å². The molecule has 1 aliphatic heterocycles. The summed E-state index contributed by atoms with van der Waals surface area (Å²) in [5.74, 6) is 0.0491. The summed E-state index contributed by atoms with van der Waals surface area (Å²) in [6.07, 6.45) is 2.36. The van der Waals surface area contributed by atoms with Gasteiger partial charge in [0.05, 0.1) is 13.1 Å². The molecule has 1 amide bonds. The van der Waals surface area contributed by atoms with E-state index >= 15 is 0 Å². The highest BCUT2D eigenvalue weighted by molar-refractivity contribution is 6.30. The van der Waals surface area contributed by atoms with Gasteiger partial charge in [0.15, 0.2) is 6.04 Å². The lowest BCUT2D eigenvalue weighted by Gasteiger charge is -2.24. The van der Waals surface area contributed by atoms with Crippen molar-refractivity contribution in [3.63, 3.8) is 0 Å². The Morgan fingerprint density at radius 1 is 1.04 bits per heavy atom. The number of halogens is 1. The first-order valence-corrected chi connectivity index (χ1v) is 8.49. The number of anilines is 1. The fourth-order valence-electron chi connectivity index (χ4n) is 3.20. The van der Waals surface area contributed by atoms with Crippen LogP contribution in [0.15, 0.2) is 48.5 Å². The predicted octanol–water partition coefficient (Wildman–Crippen LogP) is 3.01. The van der Waals surface area contributed by atoms with Gasteiger partial charge in [-0.05, 0) is 31.2 Å². The summed E-state index contributed by atoms with van der Waals surface area (Å²) >= 11 is 5.99. The topological polar surface area (TPSA) is 33.5 Å². The molecule has 0 saturated carbocycles. The van der Waals surface area contributed by atoms with Gasteiger partial charge in [0.1, 0.15) is 0 Å². The molecule has 0 aromatic heterocycles. The van der Waals surface area contributed by atoms with E-state index in [2.05, 4.69) is 5.32 Å². The number of hydrogen-bond acceptors (Lipinski definition) is 1. The van der Waals surface area contributed by atoms with Crippen molar-refractivity contribution in [1.29, 1.82) is 0 Å². The molecule has 1 unspecified atom stereocenters. The zero-order chi connectivity index (χ0) is 16.2. The minimum Gasteiger partial charge on any atom is -0.321 e. The molecule has 2 aromatic carbocycles. The summed E-state index contributed by atoms with van der Waals surface area (Å²) in [5, 5.41) is 3.76. The number of aryl methyl sites for hydroxylation is 1. The number of likely N-dealkylation sites (tertiary alicyclic amines) is 1. The van der Waals surface area contributed by atoms with Crippen LogP contribution in [-0.4, -0.2) is 19.0 Å². The third-order valence-electron chi connectivity index (χ3n) is 4.44. The van der Waals surface area contributed by atoms with Gasteiger partial charge in [-0.2, -0.15) is 0 Å². The van der Waals surface area contributed by atoms with Crippen LogP contribution in [0.3, 0.4) is 0 Å². The lowest BCUT2D eigenvalue weighted by atomic mass is 10.0. The summed E-state index contributed by atoms with van der Waals surface area (Å²) in [6, 6.07) is 15.4. The molecule has 1 saturated heterocycles. The third-order valence-corrected chi connectivity index (χ3v) is 4.69. The van der Waals surface area contributed by atoms with Crippen molar-refractivity contribution in [2.75, 3.05) is 18.4 Å². The second-order valence-electron chi connectivity index (χ2n) is 6.21. The summed E-state index contributed by atoms with van der Waals surface area (Å²) in [6.45, 7) is 4.11. The molecule has 120 valence electrons. The summed E-state index contributed by atoms with van der Waals surface area (Å²) in [5.41, 5.74) is 3.05. The highest BCUT2D eigenvalue weighted by Crippen LogP contribution is 2.18. The highest BCUT2D eigenvalue weighted by Gasteiger charge is 2.33. The lowest BCUT2D eigenvalue weighted by molar-refractivity contribution is -0.909. The SMILES string of the molecule is Cc1ccc(NC(=O)C(c2ccc(Cl)cc2)[NH+]2CCCC2)cc1. The number of benzene rings is 2. The van der Waals surface area contributed by atoms with Crippen LogP contribution in [0.2, 0.25) is 5.02 Å². The molecule has 4 heteroatoms. The molecular formula is C19H22ClN2O+. The van der Waals surface area contributed by atoms with E-state index in [0.29, 0.717) is 5.02 Å². The molecule has 1 fully saturated rings. The molecular weight excluding hydrogens is 308 g/mol. The van der Waals surface area contributed by atoms with Crippen LogP contribution in [0.5, 0.6) is 0 Å². The van der Waals surface area contributed by atoms with E-state index < -0.39 is 0 Å². The van der Waals surface area contributed by atoms with Crippen LogP contribution in [0.1, 0.15) is 30.0 Å². The quantitative estimate of drug-likeness (QED) is 0.888. The average molecular weight is 330 g/mol. The second kappa shape index (κ2) is 7.16. The van der Waals surface area contributed by atoms with Gasteiger partial charge >= 0.3 is 0 Å². The van der Waals surface area contributed by atoms with Crippen LogP contribution in [-0.2, 0) is 4.79 Å². The number of nitrogens with one attached hydrogen (secondary N) is 2. The van der Waals surface area contributed by atoms with Crippen molar-refractivity contribution < 1.29 is 9.69 Å². The monoisotopic (exact) mass is 329 g/mol. The number of carbonyl (C=O) groups is 1. The summed E-state index contributed by atoms with van der Waals surface area (Å²) < 4.78 is 0. The first-order chi connectivity index (χ1) is 11.1. The van der Waals surface area contributed by atoms with Gasteiger partial charge < -0.3 is 10.2 Å². The molecule has 3 rings (SSSR count). The zero-order valence-corrected chi connectivity index (χ0v) is 14.1. The first kappa shape index (κ1) is 16.0. The van der Waals surface area contributed by atoms with E-state index in [1.54, 1.807) is 0 Å². The Bertz CT molecular complexity index is 661. The van der Waals surface area contributed by atoms with Gasteiger partial charge in [-0.25, -0.2) is 0 Å². The molecule has 1 atom stereocenters. The zero-order valence-electron chi connectivity index (χ0n) is 13.3. The van der Waals surface area contributed by atoms with Crippen molar-refractivity contribution in [2.45, 2.75) is 25.8 Å². The molecule has 0 bridgehead atoms. The average Bonchev–Trinajstić information content (AvgIpc) is 3.06. The number of amides is 1. The molecule has 0 spiro atoms. The summed E-state index contributed by atoms with van der Waals surface area (Å²) in [4.78, 5) is 14.2. The van der Waals surface area contributed by atoms with E-state index in [0.717, 1.165) is 24.3 Å². The summed E-state index contributed by atoms with van der Waals surface area (Å²) in [7, 11) is 0. The molecule has 23 heavy (non-hydrogen) atoms. The predicted molar refractivity (Wildman–Crippen MR) is 93.9 cm³/mol. The molecule has 1 aliphatic rings. The minimum absolute atomic E-state index is 0.0491. The van der Waals surface area contributed by atoms with Gasteiger partial charge in [-0.1, -0.05) is 41.4 Å². The van der Waals surface area contributed by atoms with Crippen molar-refractivity contribution in [2.24, 2.45) is 0 Å². The van der Waals surface area contributed by atoms with E-state index in [9.17, 15) is 4.79 Å². The van der Waals surface area contributed by atoms with E-state index in [1.807, 2.05) is 55.5 Å². The Kier molecular flexibility index (Phi) is 4.99. The number of carbonyl (C=O) groups excluding carboxylic acids is 1.